The first-order chi connectivity index (χ1) is 11.0. The summed E-state index contributed by atoms with van der Waals surface area (Å²) in [5.41, 5.74) is -1.44. The van der Waals surface area contributed by atoms with E-state index in [4.69, 9.17) is 9.84 Å². The highest BCUT2D eigenvalue weighted by atomic mass is 19.1. The van der Waals surface area contributed by atoms with E-state index in [2.05, 4.69) is 10.1 Å². The van der Waals surface area contributed by atoms with Gasteiger partial charge in [0.2, 0.25) is 0 Å². The molecule has 0 fully saturated rings. The highest BCUT2D eigenvalue weighted by molar-refractivity contribution is 5.97. The van der Waals surface area contributed by atoms with Crippen molar-refractivity contribution in [2.45, 2.75) is 26.4 Å². The quantitative estimate of drug-likeness (QED) is 0.646. The summed E-state index contributed by atoms with van der Waals surface area (Å²) in [6, 6.07) is 3.22. The smallest absolute Gasteiger partial charge is 0.412 e. The Morgan fingerprint density at radius 3 is 2.38 bits per heavy atom. The van der Waals surface area contributed by atoms with Crippen LogP contribution in [0.1, 0.15) is 36.7 Å². The maximum absolute atomic E-state index is 13.4. The summed E-state index contributed by atoms with van der Waals surface area (Å²) >= 11 is 0. The number of rotatable bonds is 4. The van der Waals surface area contributed by atoms with E-state index < -0.39 is 35.0 Å². The molecule has 0 bridgehead atoms. The van der Waals surface area contributed by atoms with Crippen molar-refractivity contribution in [3.8, 4) is 0 Å². The lowest BCUT2D eigenvalue weighted by Gasteiger charge is -2.20. The highest BCUT2D eigenvalue weighted by Crippen LogP contribution is 2.14. The molecule has 0 aliphatic heterocycles. The van der Waals surface area contributed by atoms with Gasteiger partial charge in [-0.3, -0.25) is 5.32 Å². The fraction of sp³-hybridized carbons (Fsp3) is 0.312. The van der Waals surface area contributed by atoms with Crippen molar-refractivity contribution in [1.82, 2.24) is 5.32 Å². The van der Waals surface area contributed by atoms with Crippen LogP contribution in [-0.4, -0.2) is 35.8 Å². The first-order valence-electron chi connectivity index (χ1n) is 6.86. The molecule has 130 valence electrons. The van der Waals surface area contributed by atoms with Crippen molar-refractivity contribution in [3.63, 3.8) is 0 Å². The van der Waals surface area contributed by atoms with Crippen LogP contribution in [-0.2, 0) is 14.3 Å². The second kappa shape index (κ2) is 7.58. The van der Waals surface area contributed by atoms with Gasteiger partial charge in [0, 0.05) is 0 Å². The van der Waals surface area contributed by atoms with Crippen LogP contribution in [0.15, 0.2) is 23.9 Å². The molecule has 0 spiro atoms. The zero-order valence-corrected chi connectivity index (χ0v) is 13.7. The Kier molecular flexibility index (Phi) is 6.05. The molecule has 0 heterocycles. The minimum Gasteiger partial charge on any atom is -0.478 e. The zero-order valence-electron chi connectivity index (χ0n) is 13.7. The van der Waals surface area contributed by atoms with Crippen LogP contribution in [0.25, 0.3) is 6.08 Å². The van der Waals surface area contributed by atoms with E-state index >= 15 is 0 Å². The number of amides is 1. The molecule has 8 heteroatoms. The van der Waals surface area contributed by atoms with Gasteiger partial charge in [-0.05, 0) is 44.5 Å². The fourth-order valence-electron chi connectivity index (χ4n) is 1.63. The Morgan fingerprint density at radius 2 is 1.88 bits per heavy atom. The van der Waals surface area contributed by atoms with E-state index in [1.54, 1.807) is 20.8 Å². The van der Waals surface area contributed by atoms with Gasteiger partial charge in [0.05, 0.1) is 12.7 Å². The summed E-state index contributed by atoms with van der Waals surface area (Å²) in [5, 5.41) is 11.1. The Labute approximate surface area is 138 Å². The number of hydrogen-bond acceptors (Lipinski definition) is 5. The van der Waals surface area contributed by atoms with Gasteiger partial charge in [0.15, 0.2) is 0 Å². The number of carbonyl (C=O) groups is 3. The third-order valence-electron chi connectivity index (χ3n) is 2.57. The summed E-state index contributed by atoms with van der Waals surface area (Å²) in [6.45, 7) is 4.94. The van der Waals surface area contributed by atoms with Crippen molar-refractivity contribution < 1.29 is 33.4 Å². The van der Waals surface area contributed by atoms with Gasteiger partial charge >= 0.3 is 18.0 Å². The van der Waals surface area contributed by atoms with Gasteiger partial charge < -0.3 is 14.6 Å². The molecule has 0 saturated carbocycles. The summed E-state index contributed by atoms with van der Waals surface area (Å²) < 4.78 is 23.0. The molecule has 0 atom stereocenters. The molecular weight excluding hydrogens is 321 g/mol. The lowest BCUT2D eigenvalue weighted by atomic mass is 10.1. The predicted octanol–water partition coefficient (Wildman–Crippen LogP) is 2.56. The molecular formula is C16H18FNO6. The Morgan fingerprint density at radius 1 is 1.25 bits per heavy atom. The minimum atomic E-state index is -1.46. The van der Waals surface area contributed by atoms with Crippen LogP contribution in [0.3, 0.4) is 0 Å². The van der Waals surface area contributed by atoms with Crippen LogP contribution in [0.4, 0.5) is 9.18 Å². The van der Waals surface area contributed by atoms with E-state index in [9.17, 15) is 18.8 Å². The SMILES string of the molecule is COC(=O)C(=Cc1ccc(F)c(C(=O)O)c1)NC(=O)OC(C)(C)C. The standard InChI is InChI=1S/C16H18FNO6/c1-16(2,3)24-15(22)18-12(14(21)23-4)8-9-5-6-11(17)10(7-9)13(19)20/h5-8H,1-4H3,(H,18,22)(H,19,20). The molecule has 7 nitrogen and oxygen atoms in total. The molecule has 0 aliphatic rings. The van der Waals surface area contributed by atoms with Crippen LogP contribution in [0.5, 0.6) is 0 Å². The molecule has 0 radical (unpaired) electrons. The first kappa shape index (κ1) is 19.1. The van der Waals surface area contributed by atoms with Gasteiger partial charge in [-0.15, -0.1) is 0 Å². The number of carboxylic acid groups (broad SMARTS) is 1. The van der Waals surface area contributed by atoms with E-state index in [1.165, 1.54) is 6.07 Å². The minimum absolute atomic E-state index is 0.185. The summed E-state index contributed by atoms with van der Waals surface area (Å²) in [5.74, 6) is -3.25. The number of benzene rings is 1. The van der Waals surface area contributed by atoms with E-state index in [0.29, 0.717) is 0 Å². The van der Waals surface area contributed by atoms with Gasteiger partial charge in [-0.2, -0.15) is 0 Å². The number of aromatic carboxylic acids is 1. The number of carbonyl (C=O) groups excluding carboxylic acids is 2. The average molecular weight is 339 g/mol. The molecule has 1 amide bonds. The molecule has 24 heavy (non-hydrogen) atoms. The number of nitrogens with one attached hydrogen (secondary N) is 1. The maximum Gasteiger partial charge on any atom is 0.412 e. The number of alkyl carbamates (subject to hydrolysis) is 1. The topological polar surface area (TPSA) is 102 Å². The molecule has 0 aliphatic carbocycles. The van der Waals surface area contributed by atoms with Crippen molar-refractivity contribution in [3.05, 3.63) is 40.8 Å². The van der Waals surface area contributed by atoms with Crippen LogP contribution < -0.4 is 5.32 Å². The number of halogens is 1. The third kappa shape index (κ3) is 5.71. The number of ether oxygens (including phenoxy) is 2. The second-order valence-corrected chi connectivity index (χ2v) is 5.72. The van der Waals surface area contributed by atoms with Gasteiger partial charge in [-0.1, -0.05) is 6.07 Å². The maximum atomic E-state index is 13.4. The summed E-state index contributed by atoms with van der Waals surface area (Å²) in [7, 11) is 1.11. The normalized spacial score (nSPS) is 11.6. The van der Waals surface area contributed by atoms with Crippen molar-refractivity contribution >= 4 is 24.1 Å². The number of esters is 1. The predicted molar refractivity (Wildman–Crippen MR) is 82.7 cm³/mol. The van der Waals surface area contributed by atoms with Crippen molar-refractivity contribution in [2.24, 2.45) is 0 Å². The largest absolute Gasteiger partial charge is 0.478 e. The summed E-state index contributed by atoms with van der Waals surface area (Å²) in [4.78, 5) is 34.5. The van der Waals surface area contributed by atoms with Crippen molar-refractivity contribution in [2.75, 3.05) is 7.11 Å². The lowest BCUT2D eigenvalue weighted by Crippen LogP contribution is -2.34. The average Bonchev–Trinajstić information content (AvgIpc) is 2.45. The van der Waals surface area contributed by atoms with E-state index in [0.717, 1.165) is 25.3 Å². The number of carboxylic acids is 1. The Bertz CT molecular complexity index is 690. The summed E-state index contributed by atoms with van der Waals surface area (Å²) in [6.07, 6.45) is 0.265. The van der Waals surface area contributed by atoms with Crippen LogP contribution >= 0.6 is 0 Å². The number of methoxy groups -OCH3 is 1. The van der Waals surface area contributed by atoms with Crippen LogP contribution in [0, 0.1) is 5.82 Å². The molecule has 1 rings (SSSR count). The molecule has 2 N–H and O–H groups in total. The molecule has 1 aromatic carbocycles. The molecule has 0 aromatic heterocycles. The fourth-order valence-corrected chi connectivity index (χ4v) is 1.63. The molecule has 0 saturated heterocycles. The van der Waals surface area contributed by atoms with E-state index in [1.807, 2.05) is 0 Å². The lowest BCUT2D eigenvalue weighted by molar-refractivity contribution is -0.136. The Balaban J connectivity index is 3.15. The van der Waals surface area contributed by atoms with Crippen molar-refractivity contribution in [1.29, 1.82) is 0 Å². The number of hydrogen-bond donors (Lipinski definition) is 2. The molecule has 1 aromatic rings. The van der Waals surface area contributed by atoms with Gasteiger partial charge in [0.1, 0.15) is 17.1 Å². The highest BCUT2D eigenvalue weighted by Gasteiger charge is 2.20. The first-order valence-corrected chi connectivity index (χ1v) is 6.86. The second-order valence-electron chi connectivity index (χ2n) is 5.72. The Hall–Kier alpha value is -2.90. The van der Waals surface area contributed by atoms with E-state index in [-0.39, 0.29) is 11.3 Å². The molecule has 0 unspecified atom stereocenters. The third-order valence-corrected chi connectivity index (χ3v) is 2.57. The van der Waals surface area contributed by atoms with Gasteiger partial charge in [0.25, 0.3) is 0 Å². The zero-order chi connectivity index (χ0) is 18.5. The monoisotopic (exact) mass is 339 g/mol. The van der Waals surface area contributed by atoms with Crippen LogP contribution in [0.2, 0.25) is 0 Å². The van der Waals surface area contributed by atoms with Gasteiger partial charge in [-0.25, -0.2) is 18.8 Å².